The van der Waals surface area contributed by atoms with Crippen molar-refractivity contribution in [3.63, 3.8) is 0 Å². The number of carbonyl (C=O) groups excluding carboxylic acids is 3. The number of hydrogen-bond acceptors (Lipinski definition) is 4. The molecule has 0 spiro atoms. The van der Waals surface area contributed by atoms with Crippen LogP contribution >= 0.6 is 23.2 Å². The second kappa shape index (κ2) is 8.61. The van der Waals surface area contributed by atoms with Crippen LogP contribution in [0.4, 0.5) is 5.69 Å². The Balaban J connectivity index is 1.28. The number of ether oxygens (including phenoxy) is 1. The van der Waals surface area contributed by atoms with Crippen molar-refractivity contribution in [1.82, 2.24) is 4.90 Å². The van der Waals surface area contributed by atoms with Gasteiger partial charge in [-0.25, -0.2) is 0 Å². The maximum Gasteiger partial charge on any atom is 0.235 e. The highest BCUT2D eigenvalue weighted by atomic mass is 35.5. The summed E-state index contributed by atoms with van der Waals surface area (Å²) in [5, 5.41) is 2.80. The predicted molar refractivity (Wildman–Crippen MR) is 141 cm³/mol. The lowest BCUT2D eigenvalue weighted by Gasteiger charge is -2.54. The summed E-state index contributed by atoms with van der Waals surface area (Å²) in [6.45, 7) is 2.39. The highest BCUT2D eigenvalue weighted by Crippen LogP contribution is 2.69. The highest BCUT2D eigenvalue weighted by molar-refractivity contribution is 6.36. The summed E-state index contributed by atoms with van der Waals surface area (Å²) in [7, 11) is 0. The predicted octanol–water partition coefficient (Wildman–Crippen LogP) is 5.01. The molecule has 7 rings (SSSR count). The van der Waals surface area contributed by atoms with Crippen LogP contribution in [0.2, 0.25) is 0 Å². The average Bonchev–Trinajstić information content (AvgIpc) is 3.17. The van der Waals surface area contributed by atoms with Crippen LogP contribution in [-0.2, 0) is 24.1 Å². The van der Waals surface area contributed by atoms with Gasteiger partial charge >= 0.3 is 0 Å². The molecule has 0 unspecified atom stereocenters. The number of likely N-dealkylation sites (tertiary alicyclic amines) is 1. The Hall–Kier alpha value is -3.35. The van der Waals surface area contributed by atoms with E-state index in [1.807, 2.05) is 55.5 Å². The fourth-order valence-electron chi connectivity index (χ4n) is 6.18. The van der Waals surface area contributed by atoms with Gasteiger partial charge in [-0.1, -0.05) is 48.5 Å². The molecule has 1 saturated heterocycles. The van der Waals surface area contributed by atoms with Gasteiger partial charge in [0.25, 0.3) is 0 Å². The molecule has 1 N–H and O–H groups in total. The molecule has 3 amide bonds. The van der Waals surface area contributed by atoms with Gasteiger partial charge in [0.1, 0.15) is 15.5 Å². The molecule has 3 aromatic carbocycles. The number of amides is 3. The standard InChI is InChI=1S/C29H24Cl2N2O4/c1-2-37-18-13-11-17(12-14-18)32-23(34)15-16-33-26(35)24-25(27(33)36)29(31)20-8-4-3-7-19(20)28(24,30)21-9-5-6-10-22(21)29/h3-14,24-25H,2,15-16H2,1H3,(H,32,34)/t24-,25-,28?,29?/m1/s1. The summed E-state index contributed by atoms with van der Waals surface area (Å²) < 4.78 is 5.42. The number of imide groups is 1. The van der Waals surface area contributed by atoms with Crippen molar-refractivity contribution in [2.75, 3.05) is 18.5 Å². The van der Waals surface area contributed by atoms with Crippen molar-refractivity contribution in [1.29, 1.82) is 0 Å². The normalized spacial score (nSPS) is 26.9. The molecule has 2 atom stereocenters. The number of rotatable bonds is 6. The molecule has 4 aliphatic rings. The van der Waals surface area contributed by atoms with Crippen LogP contribution in [0.1, 0.15) is 35.6 Å². The molecule has 3 aromatic rings. The number of nitrogens with one attached hydrogen (secondary N) is 1. The van der Waals surface area contributed by atoms with Gasteiger partial charge in [-0.05, 0) is 53.4 Å². The van der Waals surface area contributed by atoms with Crippen molar-refractivity contribution in [3.05, 3.63) is 95.1 Å². The van der Waals surface area contributed by atoms with Crippen LogP contribution in [0.25, 0.3) is 0 Å². The number of benzene rings is 3. The Labute approximate surface area is 224 Å². The lowest BCUT2D eigenvalue weighted by Crippen LogP contribution is -2.57. The minimum absolute atomic E-state index is 0.0470. The number of hydrogen-bond donors (Lipinski definition) is 1. The maximum absolute atomic E-state index is 13.8. The third-order valence-electron chi connectivity index (χ3n) is 7.69. The Morgan fingerprint density at radius 1 is 0.838 bits per heavy atom. The van der Waals surface area contributed by atoms with E-state index >= 15 is 0 Å². The Kier molecular flexibility index (Phi) is 5.58. The van der Waals surface area contributed by atoms with E-state index in [-0.39, 0.29) is 18.9 Å². The first-order chi connectivity index (χ1) is 17.8. The minimum Gasteiger partial charge on any atom is -0.494 e. The van der Waals surface area contributed by atoms with E-state index in [0.717, 1.165) is 22.3 Å². The van der Waals surface area contributed by atoms with Gasteiger partial charge < -0.3 is 10.1 Å². The molecule has 0 radical (unpaired) electrons. The van der Waals surface area contributed by atoms with Gasteiger partial charge in [0, 0.05) is 18.7 Å². The summed E-state index contributed by atoms with van der Waals surface area (Å²) in [6, 6.07) is 22.0. The number of nitrogens with zero attached hydrogens (tertiary/aromatic N) is 1. The average molecular weight is 535 g/mol. The molecule has 1 aliphatic heterocycles. The third kappa shape index (κ3) is 3.28. The zero-order valence-corrected chi connectivity index (χ0v) is 21.6. The van der Waals surface area contributed by atoms with Crippen molar-refractivity contribution >= 4 is 46.6 Å². The van der Waals surface area contributed by atoms with E-state index in [2.05, 4.69) is 5.32 Å². The largest absolute Gasteiger partial charge is 0.494 e. The van der Waals surface area contributed by atoms with Crippen molar-refractivity contribution < 1.29 is 19.1 Å². The second-order valence-corrected chi connectivity index (χ2v) is 10.7. The van der Waals surface area contributed by atoms with Crippen LogP contribution in [0.15, 0.2) is 72.8 Å². The first-order valence-corrected chi connectivity index (χ1v) is 13.0. The summed E-state index contributed by atoms with van der Waals surface area (Å²) in [5.41, 5.74) is 3.61. The number of carbonyl (C=O) groups is 3. The Morgan fingerprint density at radius 2 is 1.30 bits per heavy atom. The molecule has 1 heterocycles. The van der Waals surface area contributed by atoms with E-state index in [0.29, 0.717) is 18.0 Å². The molecular weight excluding hydrogens is 511 g/mol. The SMILES string of the molecule is CCOc1ccc(NC(=O)CCN2C(=O)[C@H]3[C@H](C2=O)C2(Cl)c4ccccc4C3(Cl)c3ccccc32)cc1. The lowest BCUT2D eigenvalue weighted by molar-refractivity contribution is -0.140. The molecule has 0 aromatic heterocycles. The quantitative estimate of drug-likeness (QED) is 0.356. The van der Waals surface area contributed by atoms with E-state index in [9.17, 15) is 14.4 Å². The Morgan fingerprint density at radius 3 is 1.73 bits per heavy atom. The van der Waals surface area contributed by atoms with E-state index in [4.69, 9.17) is 27.9 Å². The zero-order valence-electron chi connectivity index (χ0n) is 20.0. The van der Waals surface area contributed by atoms with Crippen LogP contribution in [0.5, 0.6) is 5.75 Å². The van der Waals surface area contributed by atoms with Crippen molar-refractivity contribution in [3.8, 4) is 5.75 Å². The molecule has 8 heteroatoms. The highest BCUT2D eigenvalue weighted by Gasteiger charge is 2.72. The molecular formula is C29H24Cl2N2O4. The monoisotopic (exact) mass is 534 g/mol. The van der Waals surface area contributed by atoms with Crippen LogP contribution in [0, 0.1) is 11.8 Å². The van der Waals surface area contributed by atoms with E-state index < -0.39 is 33.4 Å². The summed E-state index contributed by atoms with van der Waals surface area (Å²) in [6.07, 6.45) is -0.0470. The van der Waals surface area contributed by atoms with Crippen molar-refractivity contribution in [2.24, 2.45) is 11.8 Å². The van der Waals surface area contributed by atoms with Crippen LogP contribution < -0.4 is 10.1 Å². The fraction of sp³-hybridized carbons (Fsp3) is 0.276. The summed E-state index contributed by atoms with van der Waals surface area (Å²) in [4.78, 5) is 39.0. The van der Waals surface area contributed by atoms with Gasteiger partial charge in [0.05, 0.1) is 18.4 Å². The summed E-state index contributed by atoms with van der Waals surface area (Å²) >= 11 is 14.8. The van der Waals surface area contributed by atoms with Gasteiger partial charge in [0.15, 0.2) is 0 Å². The first kappa shape index (κ1) is 24.0. The van der Waals surface area contributed by atoms with Gasteiger partial charge in [-0.15, -0.1) is 23.2 Å². The summed E-state index contributed by atoms with van der Waals surface area (Å²) in [5.74, 6) is -2.12. The number of halogens is 2. The zero-order chi connectivity index (χ0) is 25.9. The van der Waals surface area contributed by atoms with E-state index in [1.54, 1.807) is 24.3 Å². The number of anilines is 1. The van der Waals surface area contributed by atoms with E-state index in [1.165, 1.54) is 4.90 Å². The number of alkyl halides is 2. The smallest absolute Gasteiger partial charge is 0.235 e. The molecule has 6 nitrogen and oxygen atoms in total. The molecule has 188 valence electrons. The third-order valence-corrected chi connectivity index (χ3v) is 8.97. The van der Waals surface area contributed by atoms with Gasteiger partial charge in [-0.3, -0.25) is 19.3 Å². The molecule has 2 bridgehead atoms. The Bertz CT molecular complexity index is 1320. The molecule has 3 aliphatic carbocycles. The fourth-order valence-corrected chi connectivity index (χ4v) is 7.28. The lowest BCUT2D eigenvalue weighted by atomic mass is 9.54. The molecule has 0 saturated carbocycles. The van der Waals surface area contributed by atoms with Gasteiger partial charge in [0.2, 0.25) is 17.7 Å². The van der Waals surface area contributed by atoms with Gasteiger partial charge in [-0.2, -0.15) is 0 Å². The maximum atomic E-state index is 13.8. The van der Waals surface area contributed by atoms with Crippen molar-refractivity contribution in [2.45, 2.75) is 23.1 Å². The topological polar surface area (TPSA) is 75.7 Å². The molecule has 1 fully saturated rings. The second-order valence-electron chi connectivity index (χ2n) is 9.55. The van der Waals surface area contributed by atoms with Crippen LogP contribution in [-0.4, -0.2) is 35.8 Å². The van der Waals surface area contributed by atoms with Crippen LogP contribution in [0.3, 0.4) is 0 Å². The minimum atomic E-state index is -1.22. The molecule has 37 heavy (non-hydrogen) atoms. The first-order valence-electron chi connectivity index (χ1n) is 12.3.